The van der Waals surface area contributed by atoms with Gasteiger partial charge in [0.05, 0.1) is 21.6 Å². The number of anilines is 1. The zero-order valence-corrected chi connectivity index (χ0v) is 18.6. The number of carbonyl (C=O) groups excluding carboxylic acids is 3. The molecule has 3 heterocycles. The predicted molar refractivity (Wildman–Crippen MR) is 130 cm³/mol. The lowest BCUT2D eigenvalue weighted by molar-refractivity contribution is -0.385. The van der Waals surface area contributed by atoms with Crippen LogP contribution in [0.5, 0.6) is 0 Å². The van der Waals surface area contributed by atoms with Crippen LogP contribution in [0.3, 0.4) is 0 Å². The number of carbonyl (C=O) groups is 3. The summed E-state index contributed by atoms with van der Waals surface area (Å²) in [6.45, 7) is 5.48. The van der Waals surface area contributed by atoms with Crippen molar-refractivity contribution in [2.75, 3.05) is 31.1 Å². The number of piperazine rings is 1. The molecule has 2 aliphatic rings. The minimum absolute atomic E-state index is 0.0335. The molecule has 3 aromatic rings. The molecule has 2 aromatic carbocycles. The van der Waals surface area contributed by atoms with Crippen LogP contribution < -0.4 is 10.2 Å². The van der Waals surface area contributed by atoms with Gasteiger partial charge in [-0.2, -0.15) is 0 Å². The second-order valence-electron chi connectivity index (χ2n) is 8.26. The second-order valence-corrected chi connectivity index (χ2v) is 8.26. The summed E-state index contributed by atoms with van der Waals surface area (Å²) in [6, 6.07) is 11.9. The summed E-state index contributed by atoms with van der Waals surface area (Å²) >= 11 is 0. The molecule has 1 aromatic heterocycles. The van der Waals surface area contributed by atoms with Gasteiger partial charge in [0.2, 0.25) is 5.91 Å². The Morgan fingerprint density at radius 2 is 1.69 bits per heavy atom. The van der Waals surface area contributed by atoms with Crippen LogP contribution in [-0.4, -0.2) is 58.7 Å². The lowest BCUT2D eigenvalue weighted by Gasteiger charge is -2.35. The van der Waals surface area contributed by atoms with Gasteiger partial charge in [0.25, 0.3) is 17.5 Å². The molecule has 2 N–H and O–H groups in total. The Kier molecular flexibility index (Phi) is 5.40. The van der Waals surface area contributed by atoms with Crippen molar-refractivity contribution >= 4 is 51.1 Å². The molecule has 3 amide bonds. The largest absolute Gasteiger partial charge is 0.368 e. The van der Waals surface area contributed by atoms with Crippen molar-refractivity contribution in [1.29, 1.82) is 0 Å². The molecule has 0 spiro atoms. The smallest absolute Gasteiger partial charge is 0.277 e. The van der Waals surface area contributed by atoms with E-state index in [1.54, 1.807) is 23.2 Å². The maximum atomic E-state index is 13.0. The number of aromatic nitrogens is 1. The van der Waals surface area contributed by atoms with Gasteiger partial charge >= 0.3 is 0 Å². The van der Waals surface area contributed by atoms with Gasteiger partial charge in [-0.3, -0.25) is 29.8 Å². The SMILES string of the molecule is C=CC(=O)N1CCN(c2ccc([N+](=O)[O-])c(C3=C(c4c[nH]c5ccccc45)C(=O)NC3=O)c2)CC1. The van der Waals surface area contributed by atoms with Crippen LogP contribution in [0, 0.1) is 10.1 Å². The molecule has 5 rings (SSSR count). The molecule has 10 nitrogen and oxygen atoms in total. The molecule has 176 valence electrons. The van der Waals surface area contributed by atoms with Gasteiger partial charge in [0.1, 0.15) is 0 Å². The number of para-hydroxylation sites is 1. The number of nitrogens with one attached hydrogen (secondary N) is 2. The highest BCUT2D eigenvalue weighted by atomic mass is 16.6. The summed E-state index contributed by atoms with van der Waals surface area (Å²) in [4.78, 5) is 55.8. The van der Waals surface area contributed by atoms with Crippen LogP contribution in [0.1, 0.15) is 11.1 Å². The van der Waals surface area contributed by atoms with Crippen LogP contribution >= 0.6 is 0 Å². The van der Waals surface area contributed by atoms with Gasteiger partial charge in [-0.15, -0.1) is 0 Å². The van der Waals surface area contributed by atoms with Gasteiger partial charge < -0.3 is 14.8 Å². The molecule has 0 radical (unpaired) electrons. The standard InChI is InChI=1S/C25H21N5O5/c1-2-21(31)29-11-9-28(10-12-29)15-7-8-20(30(34)35)17(13-15)22-23(25(33)27-24(22)32)18-14-26-19-6-4-3-5-16(18)19/h2-8,13-14,26H,1,9-12H2,(H,27,32,33). The van der Waals surface area contributed by atoms with Gasteiger partial charge in [-0.1, -0.05) is 24.8 Å². The number of hydrogen-bond donors (Lipinski definition) is 2. The maximum Gasteiger partial charge on any atom is 0.277 e. The van der Waals surface area contributed by atoms with Crippen LogP contribution in [-0.2, 0) is 14.4 Å². The van der Waals surface area contributed by atoms with E-state index < -0.39 is 16.7 Å². The van der Waals surface area contributed by atoms with Crippen molar-refractivity contribution in [3.8, 4) is 0 Å². The maximum absolute atomic E-state index is 13.0. The number of nitrogens with zero attached hydrogens (tertiary/aromatic N) is 3. The molecule has 1 fully saturated rings. The quantitative estimate of drug-likeness (QED) is 0.255. The van der Waals surface area contributed by atoms with Gasteiger partial charge in [-0.25, -0.2) is 0 Å². The fourth-order valence-corrected chi connectivity index (χ4v) is 4.64. The lowest BCUT2D eigenvalue weighted by atomic mass is 9.94. The Balaban J connectivity index is 1.62. The van der Waals surface area contributed by atoms with Gasteiger partial charge in [-0.05, 0) is 24.3 Å². The number of H-pyrrole nitrogens is 1. The van der Waals surface area contributed by atoms with Crippen LogP contribution in [0.15, 0.2) is 61.3 Å². The van der Waals surface area contributed by atoms with E-state index in [0.29, 0.717) is 37.4 Å². The van der Waals surface area contributed by atoms with Crippen molar-refractivity contribution in [2.45, 2.75) is 0 Å². The normalized spacial score (nSPS) is 16.1. The number of hydrogen-bond acceptors (Lipinski definition) is 6. The molecular formula is C25H21N5O5. The first-order valence-corrected chi connectivity index (χ1v) is 11.0. The summed E-state index contributed by atoms with van der Waals surface area (Å²) < 4.78 is 0. The molecule has 2 aliphatic heterocycles. The van der Waals surface area contributed by atoms with E-state index in [1.807, 2.05) is 29.2 Å². The molecule has 0 bridgehead atoms. The van der Waals surface area contributed by atoms with E-state index >= 15 is 0 Å². The number of imide groups is 1. The summed E-state index contributed by atoms with van der Waals surface area (Å²) in [5, 5.41) is 14.9. The Hall–Kier alpha value is -4.73. The highest BCUT2D eigenvalue weighted by Crippen LogP contribution is 2.39. The van der Waals surface area contributed by atoms with E-state index in [4.69, 9.17) is 0 Å². The summed E-state index contributed by atoms with van der Waals surface area (Å²) in [5.41, 5.74) is 1.79. The first-order chi connectivity index (χ1) is 16.9. The first kappa shape index (κ1) is 22.1. The fourth-order valence-electron chi connectivity index (χ4n) is 4.64. The average molecular weight is 471 g/mol. The lowest BCUT2D eigenvalue weighted by Crippen LogP contribution is -2.48. The van der Waals surface area contributed by atoms with E-state index in [1.165, 1.54) is 12.1 Å². The minimum atomic E-state index is -0.683. The highest BCUT2D eigenvalue weighted by Gasteiger charge is 2.37. The Bertz CT molecular complexity index is 1450. The second kappa shape index (κ2) is 8.56. The monoisotopic (exact) mass is 471 g/mol. The highest BCUT2D eigenvalue weighted by molar-refractivity contribution is 6.50. The third kappa shape index (κ3) is 3.74. The fraction of sp³-hybridized carbons (Fsp3) is 0.160. The topological polar surface area (TPSA) is 129 Å². The zero-order chi connectivity index (χ0) is 24.7. The third-order valence-corrected chi connectivity index (χ3v) is 6.37. The number of nitro benzene ring substituents is 1. The number of benzene rings is 2. The predicted octanol–water partition coefficient (Wildman–Crippen LogP) is 2.48. The van der Waals surface area contributed by atoms with Crippen LogP contribution in [0.2, 0.25) is 0 Å². The van der Waals surface area contributed by atoms with Gasteiger partial charge in [0, 0.05) is 60.6 Å². The van der Waals surface area contributed by atoms with Crippen molar-refractivity contribution in [3.63, 3.8) is 0 Å². The number of rotatable bonds is 5. The van der Waals surface area contributed by atoms with Gasteiger partial charge in [0.15, 0.2) is 0 Å². The number of nitro groups is 1. The first-order valence-electron chi connectivity index (χ1n) is 11.0. The summed E-state index contributed by atoms with van der Waals surface area (Å²) in [6.07, 6.45) is 2.90. The third-order valence-electron chi connectivity index (χ3n) is 6.37. The average Bonchev–Trinajstić information content (AvgIpc) is 3.42. The number of aromatic amines is 1. The van der Waals surface area contributed by atoms with Crippen molar-refractivity contribution in [1.82, 2.24) is 15.2 Å². The summed E-state index contributed by atoms with van der Waals surface area (Å²) in [7, 11) is 0. The van der Waals surface area contributed by atoms with E-state index in [2.05, 4.69) is 16.9 Å². The molecule has 0 atom stereocenters. The summed E-state index contributed by atoms with van der Waals surface area (Å²) in [5.74, 6) is -1.44. The minimum Gasteiger partial charge on any atom is -0.368 e. The number of amides is 3. The van der Waals surface area contributed by atoms with Crippen LogP contribution in [0.25, 0.3) is 22.0 Å². The molecular weight excluding hydrogens is 450 g/mol. The molecule has 1 saturated heterocycles. The number of fused-ring (bicyclic) bond motifs is 1. The Morgan fingerprint density at radius 1 is 1.00 bits per heavy atom. The van der Waals surface area contributed by atoms with Crippen molar-refractivity contribution in [3.05, 3.63) is 82.6 Å². The Labute approximate surface area is 199 Å². The Morgan fingerprint density at radius 3 is 2.37 bits per heavy atom. The molecule has 0 unspecified atom stereocenters. The van der Waals surface area contributed by atoms with E-state index in [-0.39, 0.29) is 28.3 Å². The van der Waals surface area contributed by atoms with Crippen molar-refractivity contribution < 1.29 is 19.3 Å². The molecule has 10 heteroatoms. The van der Waals surface area contributed by atoms with Crippen LogP contribution in [0.4, 0.5) is 11.4 Å². The zero-order valence-electron chi connectivity index (χ0n) is 18.6. The van der Waals surface area contributed by atoms with Crippen molar-refractivity contribution in [2.24, 2.45) is 0 Å². The van der Waals surface area contributed by atoms with E-state index in [9.17, 15) is 24.5 Å². The molecule has 0 saturated carbocycles. The molecule has 0 aliphatic carbocycles. The molecule has 35 heavy (non-hydrogen) atoms. The van der Waals surface area contributed by atoms with E-state index in [0.717, 1.165) is 10.9 Å².